The number of aromatic amines is 1. The van der Waals surface area contributed by atoms with Crippen LogP contribution in [0.4, 0.5) is 19.4 Å². The molecule has 2 aromatic heterocycles. The molecule has 0 atom stereocenters. The summed E-state index contributed by atoms with van der Waals surface area (Å²) in [7, 11) is -9.77. The lowest BCUT2D eigenvalue weighted by Crippen LogP contribution is -2.38. The van der Waals surface area contributed by atoms with E-state index in [9.17, 15) is 29.3 Å². The van der Waals surface area contributed by atoms with Crippen LogP contribution in [-0.2, 0) is 0 Å². The van der Waals surface area contributed by atoms with Crippen molar-refractivity contribution in [3.05, 3.63) is 53.5 Å². The van der Waals surface area contributed by atoms with Gasteiger partial charge in [0.05, 0.1) is 11.6 Å². The predicted octanol–water partition coefficient (Wildman–Crippen LogP) is 5.87. The second kappa shape index (κ2) is 7.14. The number of nitrogens with one attached hydrogen (secondary N) is 1. The fourth-order valence-corrected chi connectivity index (χ4v) is 5.37. The van der Waals surface area contributed by atoms with Gasteiger partial charge in [0.2, 0.25) is 0 Å². The number of fused-ring (bicyclic) bond motifs is 1. The van der Waals surface area contributed by atoms with Crippen molar-refractivity contribution in [3.63, 3.8) is 0 Å². The summed E-state index contributed by atoms with van der Waals surface area (Å²) in [5.41, 5.74) is 2.43. The Morgan fingerprint density at radius 2 is 1.65 bits per heavy atom. The monoisotopic (exact) mass is 502 g/mol. The van der Waals surface area contributed by atoms with Crippen molar-refractivity contribution in [1.82, 2.24) is 19.9 Å². The van der Waals surface area contributed by atoms with Crippen molar-refractivity contribution < 1.29 is 29.3 Å². The number of benzene rings is 1. The highest BCUT2D eigenvalue weighted by molar-refractivity contribution is 8.45. The lowest BCUT2D eigenvalue weighted by atomic mass is 9.82. The highest BCUT2D eigenvalue weighted by atomic mass is 32.5. The van der Waals surface area contributed by atoms with E-state index >= 15 is 0 Å². The largest absolute Gasteiger partial charge is 0.393 e. The number of carbonyl (C=O) groups is 1. The molecule has 1 saturated carbocycles. The van der Waals surface area contributed by atoms with Crippen LogP contribution in [0.25, 0.3) is 11.2 Å². The zero-order chi connectivity index (χ0) is 24.4. The summed E-state index contributed by atoms with van der Waals surface area (Å²) in [4.78, 5) is 24.5. The van der Waals surface area contributed by atoms with E-state index in [1.54, 1.807) is 6.20 Å². The molecule has 5 rings (SSSR count). The van der Waals surface area contributed by atoms with E-state index in [0.717, 1.165) is 29.0 Å². The van der Waals surface area contributed by atoms with Gasteiger partial charge in [0, 0.05) is 30.8 Å². The van der Waals surface area contributed by atoms with Gasteiger partial charge < -0.3 is 15.0 Å². The Kier molecular flexibility index (Phi) is 4.84. The summed E-state index contributed by atoms with van der Waals surface area (Å²) in [6, 6.07) is 4.06. The van der Waals surface area contributed by atoms with E-state index < -0.39 is 21.0 Å². The minimum atomic E-state index is -9.77. The van der Waals surface area contributed by atoms with Gasteiger partial charge in [-0.3, -0.25) is 4.79 Å². The molecular formula is C22H23F5N4O2S. The molecule has 6 nitrogen and oxygen atoms in total. The number of aliphatic hydroxyl groups excluding tert-OH is 1. The van der Waals surface area contributed by atoms with Gasteiger partial charge in [-0.2, -0.15) is 0 Å². The molecule has 1 aromatic carbocycles. The minimum absolute atomic E-state index is 0.0590. The van der Waals surface area contributed by atoms with Crippen molar-refractivity contribution in [2.45, 2.75) is 48.5 Å². The van der Waals surface area contributed by atoms with Crippen LogP contribution in [0.3, 0.4) is 0 Å². The van der Waals surface area contributed by atoms with Gasteiger partial charge in [-0.25, -0.2) is 9.97 Å². The molecule has 12 heteroatoms. The summed E-state index contributed by atoms with van der Waals surface area (Å²) in [6.45, 7) is 0.763. The summed E-state index contributed by atoms with van der Waals surface area (Å²) in [5.74, 6) is 0.634. The van der Waals surface area contributed by atoms with E-state index in [1.165, 1.54) is 4.90 Å². The smallest absolute Gasteiger partial charge is 0.310 e. The Morgan fingerprint density at radius 3 is 2.24 bits per heavy atom. The average Bonchev–Trinajstić information content (AvgIpc) is 3.19. The molecule has 184 valence electrons. The first-order valence-corrected chi connectivity index (χ1v) is 12.9. The number of aliphatic hydroxyl groups is 1. The Morgan fingerprint density at radius 1 is 1.00 bits per heavy atom. The number of aromatic nitrogens is 3. The predicted molar refractivity (Wildman–Crippen MR) is 118 cm³/mol. The van der Waals surface area contributed by atoms with Crippen molar-refractivity contribution in [2.75, 3.05) is 13.1 Å². The molecule has 1 aliphatic heterocycles. The number of piperidine rings is 1. The van der Waals surface area contributed by atoms with Gasteiger partial charge in [-0.05, 0) is 67.5 Å². The minimum Gasteiger partial charge on any atom is -0.393 e. The lowest BCUT2D eigenvalue weighted by Gasteiger charge is -2.40. The number of hydrogen-bond donors (Lipinski definition) is 2. The SMILES string of the molecule is O=C(c1ccc(S(F)(F)(F)(F)F)cc1)N1CCC(c2ccnc3nc(C4CC(O)C4)[nH]c23)CC1. The summed E-state index contributed by atoms with van der Waals surface area (Å²) in [5, 5.41) is 9.57. The molecule has 2 N–H and O–H groups in total. The normalized spacial score (nSPS) is 23.9. The maximum absolute atomic E-state index is 12.9. The Hall–Kier alpha value is -2.73. The fraction of sp³-hybridized carbons (Fsp3) is 0.409. The van der Waals surface area contributed by atoms with Gasteiger partial charge >= 0.3 is 10.2 Å². The van der Waals surface area contributed by atoms with Crippen molar-refractivity contribution >= 4 is 27.3 Å². The molecule has 1 saturated heterocycles. The van der Waals surface area contributed by atoms with Crippen LogP contribution in [-0.4, -0.2) is 50.1 Å². The van der Waals surface area contributed by atoms with Crippen LogP contribution in [0.1, 0.15) is 59.3 Å². The molecule has 0 spiro atoms. The number of carbonyl (C=O) groups excluding carboxylic acids is 1. The molecule has 1 amide bonds. The van der Waals surface area contributed by atoms with E-state index in [0.29, 0.717) is 44.4 Å². The van der Waals surface area contributed by atoms with Crippen LogP contribution >= 0.6 is 10.2 Å². The van der Waals surface area contributed by atoms with E-state index in [1.807, 2.05) is 6.07 Å². The number of pyridine rings is 1. The maximum Gasteiger partial charge on any atom is 0.310 e. The molecule has 3 aromatic rings. The molecule has 3 heterocycles. The average molecular weight is 503 g/mol. The Bertz CT molecular complexity index is 1250. The van der Waals surface area contributed by atoms with Gasteiger partial charge in [-0.15, -0.1) is 0 Å². The highest BCUT2D eigenvalue weighted by Crippen LogP contribution is 3.02. The number of rotatable bonds is 4. The number of nitrogens with zero attached hydrogens (tertiary/aromatic N) is 3. The lowest BCUT2D eigenvalue weighted by molar-refractivity contribution is 0.0709. The second-order valence-electron chi connectivity index (χ2n) is 9.10. The van der Waals surface area contributed by atoms with E-state index in [4.69, 9.17) is 0 Å². The van der Waals surface area contributed by atoms with Gasteiger partial charge in [0.1, 0.15) is 10.7 Å². The van der Waals surface area contributed by atoms with Gasteiger partial charge in [0.25, 0.3) is 5.91 Å². The maximum atomic E-state index is 12.9. The second-order valence-corrected chi connectivity index (χ2v) is 11.5. The number of likely N-dealkylation sites (tertiary alicyclic amines) is 1. The van der Waals surface area contributed by atoms with Crippen molar-refractivity contribution in [3.8, 4) is 0 Å². The number of H-pyrrole nitrogens is 1. The van der Waals surface area contributed by atoms with Crippen LogP contribution in [0, 0.1) is 0 Å². The van der Waals surface area contributed by atoms with Crippen molar-refractivity contribution in [2.24, 2.45) is 0 Å². The summed E-state index contributed by atoms with van der Waals surface area (Å²) < 4.78 is 64.6. The van der Waals surface area contributed by atoms with Crippen LogP contribution in [0.2, 0.25) is 0 Å². The first kappa shape index (κ1) is 23.0. The van der Waals surface area contributed by atoms with Gasteiger partial charge in [-0.1, -0.05) is 19.4 Å². The number of amides is 1. The third-order valence-electron chi connectivity index (χ3n) is 6.71. The number of hydrogen-bond acceptors (Lipinski definition) is 4. The molecule has 2 fully saturated rings. The fourth-order valence-electron chi connectivity index (χ4n) is 4.72. The van der Waals surface area contributed by atoms with Gasteiger partial charge in [0.15, 0.2) is 5.65 Å². The summed E-state index contributed by atoms with van der Waals surface area (Å²) >= 11 is 0. The van der Waals surface area contributed by atoms with Crippen LogP contribution in [0.15, 0.2) is 41.4 Å². The molecule has 0 radical (unpaired) electrons. The topological polar surface area (TPSA) is 82.1 Å². The van der Waals surface area contributed by atoms with Crippen LogP contribution in [0.5, 0.6) is 0 Å². The third-order valence-corrected chi connectivity index (χ3v) is 7.87. The zero-order valence-corrected chi connectivity index (χ0v) is 18.8. The standard InChI is InChI=1S/C22H23F5N4O2S/c23-34(24,25,26,27)17-3-1-14(2-4-17)22(33)31-9-6-13(7-10-31)18-5-8-28-21-19(18)29-20(30-21)15-11-16(32)12-15/h1-5,8,13,15-16,32H,6-7,9-12H2,(H,28,29,30). The number of imidazole rings is 1. The first-order valence-electron chi connectivity index (χ1n) is 10.9. The Balaban J connectivity index is 1.28. The molecule has 0 bridgehead atoms. The molecule has 1 aliphatic carbocycles. The zero-order valence-electron chi connectivity index (χ0n) is 17.9. The summed E-state index contributed by atoms with van der Waals surface area (Å²) in [6.07, 6.45) is 3.98. The number of halogens is 5. The van der Waals surface area contributed by atoms with Crippen molar-refractivity contribution in [1.29, 1.82) is 0 Å². The third kappa shape index (κ3) is 4.36. The van der Waals surface area contributed by atoms with E-state index in [-0.39, 0.29) is 35.6 Å². The molecular weight excluding hydrogens is 479 g/mol. The molecule has 2 aliphatic rings. The molecule has 0 unspecified atom stereocenters. The van der Waals surface area contributed by atoms with E-state index in [2.05, 4.69) is 15.0 Å². The first-order chi connectivity index (χ1) is 15.8. The Labute approximate surface area is 191 Å². The van der Waals surface area contributed by atoms with Crippen LogP contribution < -0.4 is 0 Å². The quantitative estimate of drug-likeness (QED) is 0.437. The highest BCUT2D eigenvalue weighted by Gasteiger charge is 2.65. The molecule has 34 heavy (non-hydrogen) atoms.